The van der Waals surface area contributed by atoms with Crippen molar-refractivity contribution in [2.24, 2.45) is 22.6 Å². The molecule has 0 radical (unpaired) electrons. The van der Waals surface area contributed by atoms with Crippen LogP contribution in [0, 0.1) is 11.8 Å². The first-order valence-electron chi connectivity index (χ1n) is 20.4. The lowest BCUT2D eigenvalue weighted by Crippen LogP contribution is -2.40. The third-order valence-electron chi connectivity index (χ3n) is 12.2. The molecule has 2 aromatic carbocycles. The third kappa shape index (κ3) is 8.86. The fraction of sp³-hybridized carbons (Fsp3) is 0.619. The summed E-state index contributed by atoms with van der Waals surface area (Å²) in [5.74, 6) is 4.52. The smallest absolute Gasteiger partial charge is 0.244 e. The molecule has 8 rings (SSSR count). The van der Waals surface area contributed by atoms with Crippen LogP contribution in [0.4, 0.5) is 5.69 Å². The summed E-state index contributed by atoms with van der Waals surface area (Å²) >= 11 is 0. The molecule has 0 atom stereocenters. The number of nitrogens with two attached hydrogens (primary N) is 1. The van der Waals surface area contributed by atoms with Crippen LogP contribution in [0.2, 0.25) is 0 Å². The van der Waals surface area contributed by atoms with Crippen LogP contribution in [-0.2, 0) is 36.5 Å². The van der Waals surface area contributed by atoms with E-state index in [1.54, 1.807) is 4.68 Å². The molecular formula is C42H58N8O4. The quantitative estimate of drug-likeness (QED) is 0.171. The topological polar surface area (TPSA) is 124 Å². The first-order valence-corrected chi connectivity index (χ1v) is 20.4. The fourth-order valence-electron chi connectivity index (χ4n) is 8.30. The fourth-order valence-corrected chi connectivity index (χ4v) is 8.30. The van der Waals surface area contributed by atoms with Crippen molar-refractivity contribution >= 4 is 17.4 Å². The lowest BCUT2D eigenvalue weighted by molar-refractivity contribution is -0.133. The lowest BCUT2D eigenvalue weighted by atomic mass is 9.85. The highest BCUT2D eigenvalue weighted by Crippen LogP contribution is 2.45. The molecule has 290 valence electrons. The van der Waals surface area contributed by atoms with E-state index in [9.17, 15) is 4.79 Å². The van der Waals surface area contributed by atoms with Crippen LogP contribution in [-0.4, -0.2) is 93.9 Å². The van der Waals surface area contributed by atoms with Gasteiger partial charge < -0.3 is 29.7 Å². The summed E-state index contributed by atoms with van der Waals surface area (Å²) in [6, 6.07) is 10.4. The van der Waals surface area contributed by atoms with E-state index >= 15 is 0 Å². The minimum atomic E-state index is -0.306. The lowest BCUT2D eigenvalue weighted by Gasteiger charge is -2.32. The number of carbonyl (C=O) groups excluding carboxylic acids is 1. The summed E-state index contributed by atoms with van der Waals surface area (Å²) in [5, 5.41) is 8.50. The molecule has 5 heterocycles. The predicted molar refractivity (Wildman–Crippen MR) is 208 cm³/mol. The average molecular weight is 739 g/mol. The number of amides is 1. The van der Waals surface area contributed by atoms with Crippen molar-refractivity contribution < 1.29 is 19.0 Å². The van der Waals surface area contributed by atoms with Crippen LogP contribution in [0.25, 0.3) is 0 Å². The van der Waals surface area contributed by atoms with Gasteiger partial charge in [-0.1, -0.05) is 11.3 Å². The monoisotopic (exact) mass is 738 g/mol. The Labute approximate surface area is 320 Å². The number of amidine groups is 1. The van der Waals surface area contributed by atoms with Gasteiger partial charge in [0.25, 0.3) is 0 Å². The maximum atomic E-state index is 13.0. The minimum Gasteiger partial charge on any atom is -0.490 e. The van der Waals surface area contributed by atoms with Gasteiger partial charge in [-0.3, -0.25) is 9.69 Å². The average Bonchev–Trinajstić information content (AvgIpc) is 3.46. The zero-order valence-electron chi connectivity index (χ0n) is 32.3. The molecule has 12 heteroatoms. The van der Waals surface area contributed by atoms with Crippen molar-refractivity contribution in [1.29, 1.82) is 0 Å². The van der Waals surface area contributed by atoms with Crippen molar-refractivity contribution in [3.8, 4) is 17.2 Å². The number of carbonyl (C=O) groups is 1. The SMILES string of the molecule is CC1(C)C(N)=Nc2cc(OCCCCN3Cc4ccc(OCc5cn(CC(=O)N6CCC(CCN7CCCC7)CC6)nn5)cc4C3)c(OCC3CC3)cc21. The van der Waals surface area contributed by atoms with E-state index in [1.807, 2.05) is 23.2 Å². The van der Waals surface area contributed by atoms with Crippen molar-refractivity contribution in [2.75, 3.05) is 52.5 Å². The Kier molecular flexibility index (Phi) is 11.1. The van der Waals surface area contributed by atoms with E-state index in [1.165, 1.54) is 62.9 Å². The Morgan fingerprint density at radius 1 is 0.870 bits per heavy atom. The van der Waals surface area contributed by atoms with Gasteiger partial charge in [0.2, 0.25) is 5.91 Å². The van der Waals surface area contributed by atoms with Gasteiger partial charge in [-0.2, -0.15) is 0 Å². The number of benzene rings is 2. The number of nitrogens with zero attached hydrogens (tertiary/aromatic N) is 7. The molecule has 1 aliphatic carbocycles. The van der Waals surface area contributed by atoms with Gasteiger partial charge >= 0.3 is 0 Å². The molecule has 3 aromatic rings. The van der Waals surface area contributed by atoms with Crippen LogP contribution in [0.1, 0.15) is 94.0 Å². The zero-order valence-corrected chi connectivity index (χ0v) is 32.3. The maximum Gasteiger partial charge on any atom is 0.244 e. The van der Waals surface area contributed by atoms with Gasteiger partial charge in [-0.25, -0.2) is 9.67 Å². The number of piperidine rings is 1. The molecule has 0 unspecified atom stereocenters. The number of ether oxygens (including phenoxy) is 3. The normalized spacial score (nSPS) is 19.9. The Morgan fingerprint density at radius 2 is 1.67 bits per heavy atom. The Bertz CT molecular complexity index is 1810. The third-order valence-corrected chi connectivity index (χ3v) is 12.2. The van der Waals surface area contributed by atoms with Gasteiger partial charge in [0, 0.05) is 37.7 Å². The molecule has 12 nitrogen and oxygen atoms in total. The summed E-state index contributed by atoms with van der Waals surface area (Å²) in [7, 11) is 0. The summed E-state index contributed by atoms with van der Waals surface area (Å²) < 4.78 is 20.3. The maximum absolute atomic E-state index is 13.0. The molecule has 2 saturated heterocycles. The first-order chi connectivity index (χ1) is 26.3. The number of likely N-dealkylation sites (tertiary alicyclic amines) is 2. The van der Waals surface area contributed by atoms with E-state index < -0.39 is 0 Å². The molecule has 0 bridgehead atoms. The van der Waals surface area contributed by atoms with E-state index in [4.69, 9.17) is 19.9 Å². The number of rotatable bonds is 17. The van der Waals surface area contributed by atoms with Crippen LogP contribution < -0.4 is 19.9 Å². The van der Waals surface area contributed by atoms with E-state index in [0.717, 1.165) is 105 Å². The number of hydrogen-bond donors (Lipinski definition) is 1. The number of aliphatic imine (C=N–C) groups is 1. The predicted octanol–water partition coefficient (Wildman–Crippen LogP) is 5.83. The van der Waals surface area contributed by atoms with Gasteiger partial charge in [0.15, 0.2) is 11.5 Å². The van der Waals surface area contributed by atoms with Gasteiger partial charge in [-0.15, -0.1) is 5.10 Å². The van der Waals surface area contributed by atoms with Crippen LogP contribution in [0.3, 0.4) is 0 Å². The van der Waals surface area contributed by atoms with Crippen LogP contribution in [0.15, 0.2) is 41.5 Å². The van der Waals surface area contributed by atoms with Crippen molar-refractivity contribution in [3.63, 3.8) is 0 Å². The molecule has 1 amide bonds. The minimum absolute atomic E-state index is 0.119. The van der Waals surface area contributed by atoms with E-state index in [0.29, 0.717) is 25.0 Å². The number of unbranched alkanes of at least 4 members (excludes halogenated alkanes) is 1. The van der Waals surface area contributed by atoms with Crippen LogP contribution in [0.5, 0.6) is 17.2 Å². The second-order valence-electron chi connectivity index (χ2n) is 16.7. The molecule has 0 spiro atoms. The zero-order chi connectivity index (χ0) is 37.1. The van der Waals surface area contributed by atoms with Crippen LogP contribution >= 0.6 is 0 Å². The highest BCUT2D eigenvalue weighted by atomic mass is 16.5. The summed E-state index contributed by atoms with van der Waals surface area (Å²) in [5.41, 5.74) is 11.3. The van der Waals surface area contributed by atoms with Crippen molar-refractivity contribution in [3.05, 3.63) is 58.9 Å². The first kappa shape index (κ1) is 36.8. The van der Waals surface area contributed by atoms with Gasteiger partial charge in [0.1, 0.15) is 30.4 Å². The van der Waals surface area contributed by atoms with Crippen molar-refractivity contribution in [2.45, 2.75) is 103 Å². The Morgan fingerprint density at radius 3 is 2.48 bits per heavy atom. The Balaban J connectivity index is 0.742. The molecular weight excluding hydrogens is 681 g/mol. The van der Waals surface area contributed by atoms with Gasteiger partial charge in [0.05, 0.1) is 25.1 Å². The highest BCUT2D eigenvalue weighted by molar-refractivity contribution is 5.99. The second kappa shape index (κ2) is 16.3. The number of hydrogen-bond acceptors (Lipinski definition) is 10. The van der Waals surface area contributed by atoms with Crippen molar-refractivity contribution in [1.82, 2.24) is 29.7 Å². The molecule has 3 fully saturated rings. The highest BCUT2D eigenvalue weighted by Gasteiger charge is 2.35. The van der Waals surface area contributed by atoms with E-state index in [-0.39, 0.29) is 17.9 Å². The number of fused-ring (bicyclic) bond motifs is 2. The molecule has 1 saturated carbocycles. The summed E-state index contributed by atoms with van der Waals surface area (Å²) in [6.07, 6.45) is 12.4. The molecule has 2 N–H and O–H groups in total. The summed E-state index contributed by atoms with van der Waals surface area (Å²) in [6.45, 7) is 14.4. The molecule has 1 aromatic heterocycles. The molecule has 5 aliphatic rings. The molecule has 54 heavy (non-hydrogen) atoms. The summed E-state index contributed by atoms with van der Waals surface area (Å²) in [4.78, 5) is 24.7. The second-order valence-corrected chi connectivity index (χ2v) is 16.7. The number of aromatic nitrogens is 3. The van der Waals surface area contributed by atoms with E-state index in [2.05, 4.69) is 57.2 Å². The largest absolute Gasteiger partial charge is 0.490 e. The standard InChI is InChI=1S/C42H58N8O4/c1-42(2)36-22-38(54-28-31-7-8-31)39(23-37(36)44-41(42)43)52-20-6-5-16-48-24-32-9-10-35(21-33(32)25-48)53-29-34-26-50(46-45-34)27-40(51)49-18-12-30(13-19-49)11-17-47-14-3-4-15-47/h9-10,21-23,26,30-31H,3-8,11-20,24-25,27-29H2,1-2H3,(H2,43,44). The Hall–Kier alpha value is -4.16. The van der Waals surface area contributed by atoms with Gasteiger partial charge in [-0.05, 0) is 145 Å². The molecule has 4 aliphatic heterocycles.